The lowest BCUT2D eigenvalue weighted by molar-refractivity contribution is -0.119. The number of nitriles is 1. The molecule has 1 atom stereocenters. The molecular formula is C15H14N4O. The number of fused-ring (bicyclic) bond motifs is 1. The zero-order chi connectivity index (χ0) is 13.9. The number of hydrogen-bond acceptors (Lipinski definition) is 4. The fourth-order valence-electron chi connectivity index (χ4n) is 2.45. The van der Waals surface area contributed by atoms with Gasteiger partial charge in [0.1, 0.15) is 0 Å². The maximum Gasteiger partial charge on any atom is 0.229 e. The van der Waals surface area contributed by atoms with E-state index in [4.69, 9.17) is 5.26 Å². The molecule has 0 radical (unpaired) electrons. The van der Waals surface area contributed by atoms with Crippen LogP contribution in [-0.4, -0.2) is 28.9 Å². The van der Waals surface area contributed by atoms with Gasteiger partial charge in [-0.1, -0.05) is 18.2 Å². The Bertz CT molecular complexity index is 692. The Morgan fingerprint density at radius 1 is 1.45 bits per heavy atom. The lowest BCUT2D eigenvalue weighted by atomic mass is 10.1. The molecule has 2 heterocycles. The van der Waals surface area contributed by atoms with Crippen LogP contribution in [-0.2, 0) is 4.79 Å². The number of anilines is 1. The third-order valence-corrected chi connectivity index (χ3v) is 3.56. The van der Waals surface area contributed by atoms with Gasteiger partial charge >= 0.3 is 0 Å². The summed E-state index contributed by atoms with van der Waals surface area (Å²) in [5.74, 6) is -0.166. The highest BCUT2D eigenvalue weighted by molar-refractivity contribution is 5.94. The first-order valence-electron chi connectivity index (χ1n) is 6.56. The molecule has 0 aliphatic carbocycles. The Labute approximate surface area is 116 Å². The van der Waals surface area contributed by atoms with Crippen molar-refractivity contribution in [3.05, 3.63) is 36.5 Å². The van der Waals surface area contributed by atoms with Crippen molar-refractivity contribution in [2.45, 2.75) is 6.42 Å². The van der Waals surface area contributed by atoms with E-state index in [1.165, 1.54) is 0 Å². The van der Waals surface area contributed by atoms with Gasteiger partial charge in [0, 0.05) is 18.5 Å². The standard InChI is InChI=1S/C15H14N4O/c16-10-19-6-5-12(9-19)15(20)18-13-7-11-3-1-2-4-14(11)17-8-13/h1-4,7-8,12H,5-6,9H2,(H,18,20)/t12-/m0/s1. The Balaban J connectivity index is 1.73. The molecule has 5 nitrogen and oxygen atoms in total. The zero-order valence-electron chi connectivity index (χ0n) is 10.9. The molecule has 1 aromatic carbocycles. The number of benzene rings is 1. The van der Waals surface area contributed by atoms with Gasteiger partial charge in [-0.3, -0.25) is 9.78 Å². The Morgan fingerprint density at radius 3 is 3.10 bits per heavy atom. The maximum absolute atomic E-state index is 12.1. The molecule has 5 heteroatoms. The van der Waals surface area contributed by atoms with Crippen molar-refractivity contribution < 1.29 is 4.79 Å². The minimum Gasteiger partial charge on any atom is -0.324 e. The number of rotatable bonds is 2. The van der Waals surface area contributed by atoms with Crippen LogP contribution in [0.3, 0.4) is 0 Å². The number of amides is 1. The summed E-state index contributed by atoms with van der Waals surface area (Å²) in [5.41, 5.74) is 1.60. The third-order valence-electron chi connectivity index (χ3n) is 3.56. The second-order valence-corrected chi connectivity index (χ2v) is 4.94. The number of hydrogen-bond donors (Lipinski definition) is 1. The summed E-state index contributed by atoms with van der Waals surface area (Å²) in [7, 11) is 0. The Kier molecular flexibility index (Phi) is 3.21. The van der Waals surface area contributed by atoms with Crippen LogP contribution in [0.2, 0.25) is 0 Å². The first kappa shape index (κ1) is 12.4. The molecule has 0 spiro atoms. The molecule has 0 saturated carbocycles. The summed E-state index contributed by atoms with van der Waals surface area (Å²) < 4.78 is 0. The average Bonchev–Trinajstić information content (AvgIpc) is 2.96. The van der Waals surface area contributed by atoms with Crippen LogP contribution in [0.25, 0.3) is 10.9 Å². The number of carbonyl (C=O) groups is 1. The summed E-state index contributed by atoms with van der Waals surface area (Å²) in [6.45, 7) is 1.16. The second-order valence-electron chi connectivity index (χ2n) is 4.94. The number of para-hydroxylation sites is 1. The number of aromatic nitrogens is 1. The van der Waals surface area contributed by atoms with Gasteiger partial charge in [-0.15, -0.1) is 0 Å². The van der Waals surface area contributed by atoms with E-state index in [0.717, 1.165) is 17.3 Å². The fourth-order valence-corrected chi connectivity index (χ4v) is 2.45. The lowest BCUT2D eigenvalue weighted by Crippen LogP contribution is -2.25. The number of pyridine rings is 1. The molecule has 1 fully saturated rings. The highest BCUT2D eigenvalue weighted by atomic mass is 16.1. The predicted octanol–water partition coefficient (Wildman–Crippen LogP) is 1.98. The van der Waals surface area contributed by atoms with Gasteiger partial charge in [-0.05, 0) is 18.6 Å². The van der Waals surface area contributed by atoms with E-state index in [1.54, 1.807) is 11.1 Å². The van der Waals surface area contributed by atoms with Crippen LogP contribution >= 0.6 is 0 Å². The molecule has 3 rings (SSSR count). The van der Waals surface area contributed by atoms with Gasteiger partial charge in [-0.2, -0.15) is 5.26 Å². The molecule has 20 heavy (non-hydrogen) atoms. The summed E-state index contributed by atoms with van der Waals surface area (Å²) >= 11 is 0. The minimum absolute atomic E-state index is 0.0418. The van der Waals surface area contributed by atoms with Crippen LogP contribution in [0.5, 0.6) is 0 Å². The van der Waals surface area contributed by atoms with E-state index in [9.17, 15) is 4.79 Å². The van der Waals surface area contributed by atoms with E-state index in [0.29, 0.717) is 18.8 Å². The van der Waals surface area contributed by atoms with Crippen LogP contribution in [0.15, 0.2) is 36.5 Å². The summed E-state index contributed by atoms with van der Waals surface area (Å²) in [4.78, 5) is 18.1. The van der Waals surface area contributed by atoms with Crippen LogP contribution in [0, 0.1) is 17.4 Å². The lowest BCUT2D eigenvalue weighted by Gasteiger charge is -2.11. The van der Waals surface area contributed by atoms with Gasteiger partial charge in [0.2, 0.25) is 5.91 Å². The third kappa shape index (κ3) is 2.41. The van der Waals surface area contributed by atoms with E-state index < -0.39 is 0 Å². The number of likely N-dealkylation sites (tertiary alicyclic amines) is 1. The summed E-state index contributed by atoms with van der Waals surface area (Å²) in [5, 5.41) is 12.7. The highest BCUT2D eigenvalue weighted by Gasteiger charge is 2.27. The summed E-state index contributed by atoms with van der Waals surface area (Å²) in [6, 6.07) is 9.69. The van der Waals surface area contributed by atoms with Crippen molar-refractivity contribution in [1.29, 1.82) is 5.26 Å². The second kappa shape index (κ2) is 5.17. The Morgan fingerprint density at radius 2 is 2.30 bits per heavy atom. The van der Waals surface area contributed by atoms with E-state index >= 15 is 0 Å². The van der Waals surface area contributed by atoms with Crippen molar-refractivity contribution >= 4 is 22.5 Å². The minimum atomic E-state index is -0.124. The molecule has 1 aromatic heterocycles. The summed E-state index contributed by atoms with van der Waals surface area (Å²) in [6.07, 6.45) is 4.46. The molecule has 1 saturated heterocycles. The first-order chi connectivity index (χ1) is 9.76. The van der Waals surface area contributed by atoms with Gasteiger partial charge in [0.25, 0.3) is 0 Å². The molecule has 0 bridgehead atoms. The van der Waals surface area contributed by atoms with Crippen LogP contribution < -0.4 is 5.32 Å². The average molecular weight is 266 g/mol. The van der Waals surface area contributed by atoms with Crippen LogP contribution in [0.1, 0.15) is 6.42 Å². The normalized spacial score (nSPS) is 17.9. The smallest absolute Gasteiger partial charge is 0.229 e. The SMILES string of the molecule is N#CN1CC[C@H](C(=O)Nc2cnc3ccccc3c2)C1. The van der Waals surface area contributed by atoms with Crippen molar-refractivity contribution in [3.8, 4) is 6.19 Å². The fraction of sp³-hybridized carbons (Fsp3) is 0.267. The predicted molar refractivity (Wildman–Crippen MR) is 75.7 cm³/mol. The number of carbonyl (C=O) groups excluding carboxylic acids is 1. The van der Waals surface area contributed by atoms with Crippen LogP contribution in [0.4, 0.5) is 5.69 Å². The molecule has 1 amide bonds. The zero-order valence-corrected chi connectivity index (χ0v) is 10.9. The largest absolute Gasteiger partial charge is 0.324 e. The molecular weight excluding hydrogens is 252 g/mol. The monoisotopic (exact) mass is 266 g/mol. The molecule has 100 valence electrons. The van der Waals surface area contributed by atoms with E-state index in [-0.39, 0.29) is 11.8 Å². The van der Waals surface area contributed by atoms with Crippen molar-refractivity contribution in [2.24, 2.45) is 5.92 Å². The van der Waals surface area contributed by atoms with E-state index in [2.05, 4.69) is 16.5 Å². The highest BCUT2D eigenvalue weighted by Crippen LogP contribution is 2.20. The van der Waals surface area contributed by atoms with Crippen molar-refractivity contribution in [1.82, 2.24) is 9.88 Å². The molecule has 0 unspecified atom stereocenters. The molecule has 1 aliphatic rings. The van der Waals surface area contributed by atoms with Gasteiger partial charge in [-0.25, -0.2) is 0 Å². The van der Waals surface area contributed by atoms with Gasteiger partial charge in [0.15, 0.2) is 6.19 Å². The van der Waals surface area contributed by atoms with Gasteiger partial charge < -0.3 is 10.2 Å². The van der Waals surface area contributed by atoms with Gasteiger partial charge in [0.05, 0.1) is 23.3 Å². The first-order valence-corrected chi connectivity index (χ1v) is 6.56. The van der Waals surface area contributed by atoms with E-state index in [1.807, 2.05) is 30.3 Å². The number of nitrogens with one attached hydrogen (secondary N) is 1. The topological polar surface area (TPSA) is 69.0 Å². The molecule has 1 aliphatic heterocycles. The quantitative estimate of drug-likeness (QED) is 0.844. The van der Waals surface area contributed by atoms with Crippen molar-refractivity contribution in [2.75, 3.05) is 18.4 Å². The molecule has 1 N–H and O–H groups in total. The Hall–Kier alpha value is -2.61. The number of nitrogens with zero attached hydrogens (tertiary/aromatic N) is 3. The van der Waals surface area contributed by atoms with Crippen molar-refractivity contribution in [3.63, 3.8) is 0 Å². The molecule has 2 aromatic rings. The maximum atomic E-state index is 12.1.